The van der Waals surface area contributed by atoms with Gasteiger partial charge in [0.1, 0.15) is 11.6 Å². The van der Waals surface area contributed by atoms with E-state index in [-0.39, 0.29) is 27.1 Å². The van der Waals surface area contributed by atoms with Gasteiger partial charge >= 0.3 is 0 Å². The Morgan fingerprint density at radius 2 is 1.96 bits per heavy atom. The van der Waals surface area contributed by atoms with Crippen molar-refractivity contribution in [2.75, 3.05) is 0 Å². The zero-order valence-electron chi connectivity index (χ0n) is 13.4. The van der Waals surface area contributed by atoms with Gasteiger partial charge in [0.05, 0.1) is 16.0 Å². The smallest absolute Gasteiger partial charge is 0.286 e. The maximum Gasteiger partial charge on any atom is 0.286 e. The second-order valence-corrected chi connectivity index (χ2v) is 6.97. The van der Waals surface area contributed by atoms with E-state index in [1.54, 1.807) is 6.08 Å². The van der Waals surface area contributed by atoms with Crippen molar-refractivity contribution < 1.29 is 19.2 Å². The number of amides is 1. The molecule has 1 aliphatic heterocycles. The van der Waals surface area contributed by atoms with E-state index in [1.165, 1.54) is 24.3 Å². The number of carbonyl (C=O) groups excluding carboxylic acids is 1. The van der Waals surface area contributed by atoms with Crippen molar-refractivity contribution in [2.24, 2.45) is 5.10 Å². The molecule has 0 radical (unpaired) electrons. The lowest BCUT2D eigenvalue weighted by atomic mass is 10.2. The lowest BCUT2D eigenvalue weighted by Crippen LogP contribution is -2.22. The zero-order chi connectivity index (χ0) is 19.6. The number of thioether (sulfide) groups is 1. The Morgan fingerprint density at radius 3 is 2.63 bits per heavy atom. The average Bonchev–Trinajstić information content (AvgIpc) is 2.89. The first-order valence-electron chi connectivity index (χ1n) is 7.40. The first-order chi connectivity index (χ1) is 12.8. The van der Waals surface area contributed by atoms with Crippen LogP contribution in [0.2, 0.25) is 0 Å². The van der Waals surface area contributed by atoms with Crippen molar-refractivity contribution in [3.8, 4) is 5.75 Å². The number of nitro benzene ring substituents is 1. The molecule has 1 heterocycles. The number of hydrogen-bond donors (Lipinski definition) is 1. The number of hydrogen-bond acceptors (Lipinski definition) is 7. The molecule has 10 heteroatoms. The summed E-state index contributed by atoms with van der Waals surface area (Å²) in [5, 5.41) is 25.5. The molecular formula is C17H10FN3O4S2. The number of phenols is 1. The fourth-order valence-corrected chi connectivity index (χ4v) is 3.32. The zero-order valence-corrected chi connectivity index (χ0v) is 15.0. The minimum Gasteiger partial charge on any atom is -0.507 e. The van der Waals surface area contributed by atoms with E-state index in [2.05, 4.69) is 5.10 Å². The van der Waals surface area contributed by atoms with E-state index in [0.29, 0.717) is 10.5 Å². The predicted octanol–water partition coefficient (Wildman–Crippen LogP) is 3.67. The molecule has 0 atom stereocenters. The van der Waals surface area contributed by atoms with Gasteiger partial charge in [-0.2, -0.15) is 10.1 Å². The van der Waals surface area contributed by atoms with Gasteiger partial charge in [-0.15, -0.1) is 0 Å². The molecule has 2 aromatic carbocycles. The monoisotopic (exact) mass is 403 g/mol. The molecule has 1 saturated heterocycles. The van der Waals surface area contributed by atoms with Crippen molar-refractivity contribution in [1.82, 2.24) is 5.01 Å². The third-order valence-corrected chi connectivity index (χ3v) is 4.76. The van der Waals surface area contributed by atoms with Crippen LogP contribution in [0, 0.1) is 15.9 Å². The van der Waals surface area contributed by atoms with E-state index >= 15 is 0 Å². The third kappa shape index (κ3) is 4.18. The minimum absolute atomic E-state index is 0.0702. The van der Waals surface area contributed by atoms with Gasteiger partial charge in [-0.3, -0.25) is 14.9 Å². The van der Waals surface area contributed by atoms with Crippen LogP contribution in [-0.4, -0.2) is 31.5 Å². The van der Waals surface area contributed by atoms with Crippen molar-refractivity contribution in [3.63, 3.8) is 0 Å². The topological polar surface area (TPSA) is 96.0 Å². The SMILES string of the molecule is O=C1/C(=C\c2ccc(F)cc2)SC(=S)N1/N=C/c1cc([N+](=O)[O-])ccc1O. The average molecular weight is 403 g/mol. The Balaban J connectivity index is 1.84. The maximum atomic E-state index is 13.0. The molecule has 0 aliphatic carbocycles. The van der Waals surface area contributed by atoms with Gasteiger partial charge in [-0.1, -0.05) is 23.9 Å². The van der Waals surface area contributed by atoms with Gasteiger partial charge in [-0.05, 0) is 42.1 Å². The lowest BCUT2D eigenvalue weighted by molar-refractivity contribution is -0.384. The highest BCUT2D eigenvalue weighted by Gasteiger charge is 2.32. The molecular weight excluding hydrogens is 393 g/mol. The van der Waals surface area contributed by atoms with Crippen LogP contribution in [-0.2, 0) is 4.79 Å². The Bertz CT molecular complexity index is 1010. The summed E-state index contributed by atoms with van der Waals surface area (Å²) in [4.78, 5) is 23.0. The van der Waals surface area contributed by atoms with Gasteiger partial charge < -0.3 is 5.11 Å². The van der Waals surface area contributed by atoms with Crippen LogP contribution in [0.4, 0.5) is 10.1 Å². The van der Waals surface area contributed by atoms with Crippen molar-refractivity contribution in [3.05, 3.63) is 74.4 Å². The second-order valence-electron chi connectivity index (χ2n) is 5.29. The number of carbonyl (C=O) groups is 1. The Kier molecular flexibility index (Phi) is 5.28. The van der Waals surface area contributed by atoms with Crippen molar-refractivity contribution in [2.45, 2.75) is 0 Å². The number of aromatic hydroxyl groups is 1. The van der Waals surface area contributed by atoms with Crippen LogP contribution in [0.25, 0.3) is 6.08 Å². The van der Waals surface area contributed by atoms with E-state index < -0.39 is 10.8 Å². The number of phenolic OH excluding ortho intramolecular Hbond substituents is 1. The summed E-state index contributed by atoms with van der Waals surface area (Å²) in [5.41, 5.74) is 0.466. The van der Waals surface area contributed by atoms with Crippen LogP contribution >= 0.6 is 24.0 Å². The van der Waals surface area contributed by atoms with Crippen LogP contribution in [0.5, 0.6) is 5.75 Å². The highest BCUT2D eigenvalue weighted by molar-refractivity contribution is 8.26. The van der Waals surface area contributed by atoms with Crippen LogP contribution < -0.4 is 0 Å². The third-order valence-electron chi connectivity index (χ3n) is 3.48. The molecule has 1 amide bonds. The molecule has 7 nitrogen and oxygen atoms in total. The molecule has 0 spiro atoms. The van der Waals surface area contributed by atoms with Gasteiger partial charge in [0, 0.05) is 17.7 Å². The van der Waals surface area contributed by atoms with E-state index in [4.69, 9.17) is 12.2 Å². The Morgan fingerprint density at radius 1 is 1.26 bits per heavy atom. The number of non-ortho nitro benzene ring substituents is 1. The first kappa shape index (κ1) is 18.7. The molecule has 136 valence electrons. The van der Waals surface area contributed by atoms with Crippen LogP contribution in [0.15, 0.2) is 52.5 Å². The second kappa shape index (κ2) is 7.64. The quantitative estimate of drug-likeness (QED) is 0.275. The molecule has 1 N–H and O–H groups in total. The number of rotatable bonds is 4. The molecule has 2 aromatic rings. The fraction of sp³-hybridized carbons (Fsp3) is 0. The minimum atomic E-state index is -0.609. The summed E-state index contributed by atoms with van der Waals surface area (Å²) in [6, 6.07) is 9.03. The summed E-state index contributed by atoms with van der Waals surface area (Å²) < 4.78 is 13.1. The largest absolute Gasteiger partial charge is 0.507 e. The number of thiocarbonyl (C=S) groups is 1. The normalized spacial score (nSPS) is 15.9. The molecule has 1 aliphatic rings. The van der Waals surface area contributed by atoms with E-state index in [0.717, 1.165) is 41.2 Å². The molecule has 3 rings (SSSR count). The summed E-state index contributed by atoms with van der Waals surface area (Å²) in [5.74, 6) is -1.10. The van der Waals surface area contributed by atoms with Crippen LogP contribution in [0.1, 0.15) is 11.1 Å². The van der Waals surface area contributed by atoms with Gasteiger partial charge in [0.25, 0.3) is 11.6 Å². The molecule has 1 fully saturated rings. The number of hydrazone groups is 1. The first-order valence-corrected chi connectivity index (χ1v) is 8.62. The number of nitro groups is 1. The molecule has 0 bridgehead atoms. The highest BCUT2D eigenvalue weighted by atomic mass is 32.2. The predicted molar refractivity (Wildman–Crippen MR) is 104 cm³/mol. The molecule has 27 heavy (non-hydrogen) atoms. The van der Waals surface area contributed by atoms with E-state index in [1.807, 2.05) is 0 Å². The summed E-state index contributed by atoms with van der Waals surface area (Å²) in [6.07, 6.45) is 2.67. The van der Waals surface area contributed by atoms with Crippen molar-refractivity contribution >= 4 is 52.2 Å². The number of benzene rings is 2. The lowest BCUT2D eigenvalue weighted by Gasteiger charge is -2.06. The number of halogens is 1. The van der Waals surface area contributed by atoms with E-state index in [9.17, 15) is 24.4 Å². The summed E-state index contributed by atoms with van der Waals surface area (Å²) >= 11 is 6.15. The number of nitrogens with zero attached hydrogens (tertiary/aromatic N) is 3. The Labute approximate surface area is 161 Å². The fourth-order valence-electron chi connectivity index (χ4n) is 2.15. The Hall–Kier alpha value is -3.11. The van der Waals surface area contributed by atoms with Crippen molar-refractivity contribution in [1.29, 1.82) is 0 Å². The van der Waals surface area contributed by atoms with Gasteiger partial charge in [0.2, 0.25) is 0 Å². The summed E-state index contributed by atoms with van der Waals surface area (Å²) in [6.45, 7) is 0. The van der Waals surface area contributed by atoms with Crippen LogP contribution in [0.3, 0.4) is 0 Å². The molecule has 0 unspecified atom stereocenters. The van der Waals surface area contributed by atoms with Gasteiger partial charge in [-0.25, -0.2) is 4.39 Å². The highest BCUT2D eigenvalue weighted by Crippen LogP contribution is 2.33. The standard InChI is InChI=1S/C17H10FN3O4S2/c18-12-3-1-10(2-4-12)7-15-16(23)20(17(26)27-15)19-9-11-8-13(21(24)25)5-6-14(11)22/h1-9,22H/b15-7+,19-9+. The summed E-state index contributed by atoms with van der Waals surface area (Å²) in [7, 11) is 0. The van der Waals surface area contributed by atoms with Gasteiger partial charge in [0.15, 0.2) is 4.32 Å². The molecule has 0 saturated carbocycles. The maximum absolute atomic E-state index is 13.0. The molecule has 0 aromatic heterocycles.